The lowest BCUT2D eigenvalue weighted by atomic mass is 10.1. The lowest BCUT2D eigenvalue weighted by molar-refractivity contribution is -0.385. The summed E-state index contributed by atoms with van der Waals surface area (Å²) in [6, 6.07) is 3.54. The molecule has 0 spiro atoms. The minimum Gasteiger partial charge on any atom is -0.464 e. The van der Waals surface area contributed by atoms with Crippen molar-refractivity contribution in [3.63, 3.8) is 0 Å². The van der Waals surface area contributed by atoms with Crippen molar-refractivity contribution in [2.45, 2.75) is 13.1 Å². The molecule has 4 aromatic rings. The number of furan rings is 1. The van der Waals surface area contributed by atoms with Crippen molar-refractivity contribution in [1.29, 1.82) is 0 Å². The summed E-state index contributed by atoms with van der Waals surface area (Å²) >= 11 is 0.532. The number of thiophene rings is 1. The molecule has 0 aliphatic heterocycles. The van der Waals surface area contributed by atoms with E-state index in [2.05, 4.69) is 15.4 Å². The zero-order valence-electron chi connectivity index (χ0n) is 17.3. The first-order valence-corrected chi connectivity index (χ1v) is 10.1. The molecule has 2 amide bonds. The van der Waals surface area contributed by atoms with E-state index in [1.807, 2.05) is 0 Å². The summed E-state index contributed by atoms with van der Waals surface area (Å²) in [7, 11) is 1.31. The fraction of sp³-hybridized carbons (Fsp3) is 0.158. The molecule has 0 aliphatic carbocycles. The highest BCUT2D eigenvalue weighted by atomic mass is 32.1. The molecule has 3 N–H and O–H groups in total. The van der Waals surface area contributed by atoms with Crippen molar-refractivity contribution in [3.05, 3.63) is 56.5 Å². The van der Waals surface area contributed by atoms with Crippen LogP contribution in [0.3, 0.4) is 0 Å². The van der Waals surface area contributed by atoms with E-state index in [1.165, 1.54) is 32.4 Å². The van der Waals surface area contributed by atoms with Gasteiger partial charge in [-0.2, -0.15) is 18.3 Å². The smallest absolute Gasteiger partial charge is 0.433 e. The summed E-state index contributed by atoms with van der Waals surface area (Å²) in [4.78, 5) is 38.9. The number of pyridine rings is 1. The highest BCUT2D eigenvalue weighted by Gasteiger charge is 2.36. The molecule has 34 heavy (non-hydrogen) atoms. The zero-order valence-corrected chi connectivity index (χ0v) is 18.1. The maximum atomic E-state index is 13.5. The Morgan fingerprint density at radius 1 is 1.35 bits per heavy atom. The topological polar surface area (TPSA) is 159 Å². The quantitative estimate of drug-likeness (QED) is 0.315. The van der Waals surface area contributed by atoms with Gasteiger partial charge in [0.1, 0.15) is 26.9 Å². The number of hydrogen-bond acceptors (Lipinski definition) is 8. The molecule has 0 aromatic carbocycles. The van der Waals surface area contributed by atoms with Crippen LogP contribution in [-0.4, -0.2) is 31.5 Å². The van der Waals surface area contributed by atoms with Crippen molar-refractivity contribution in [2.75, 3.05) is 5.32 Å². The number of primary amides is 1. The average molecular weight is 494 g/mol. The van der Waals surface area contributed by atoms with Gasteiger partial charge in [0.2, 0.25) is 5.69 Å². The van der Waals surface area contributed by atoms with Gasteiger partial charge in [-0.1, -0.05) is 0 Å². The molecule has 11 nitrogen and oxygen atoms in total. The lowest BCUT2D eigenvalue weighted by Gasteiger charge is -2.11. The number of alkyl halides is 3. The third-order valence-corrected chi connectivity index (χ3v) is 5.89. The van der Waals surface area contributed by atoms with Gasteiger partial charge in [-0.25, -0.2) is 4.98 Å². The second kappa shape index (κ2) is 7.95. The molecule has 0 radical (unpaired) electrons. The van der Waals surface area contributed by atoms with Crippen molar-refractivity contribution >= 4 is 44.7 Å². The zero-order chi connectivity index (χ0) is 24.9. The van der Waals surface area contributed by atoms with E-state index in [0.717, 1.165) is 4.68 Å². The molecule has 0 aliphatic rings. The maximum Gasteiger partial charge on any atom is 0.433 e. The van der Waals surface area contributed by atoms with Crippen LogP contribution >= 0.6 is 11.3 Å². The van der Waals surface area contributed by atoms with Crippen LogP contribution in [0.1, 0.15) is 31.5 Å². The Labute approximate surface area is 191 Å². The van der Waals surface area contributed by atoms with Gasteiger partial charge < -0.3 is 15.5 Å². The SMILES string of the molecule is Cc1nn(C)c(C(=O)Nc2c(C(N)=O)sc3nc(C(F)(F)F)cc(-c4ccco4)c23)c1[N+](=O)[O-]. The number of aryl methyl sites for hydroxylation is 2. The average Bonchev–Trinajstić information content (AvgIpc) is 3.44. The number of hydrogen-bond donors (Lipinski definition) is 2. The molecule has 4 heterocycles. The number of halogens is 3. The van der Waals surface area contributed by atoms with Gasteiger partial charge in [-0.05, 0) is 25.1 Å². The first-order chi connectivity index (χ1) is 15.9. The van der Waals surface area contributed by atoms with Gasteiger partial charge in [-0.3, -0.25) is 24.4 Å². The fourth-order valence-electron chi connectivity index (χ4n) is 3.46. The molecule has 4 aromatic heterocycles. The molecule has 0 saturated carbocycles. The van der Waals surface area contributed by atoms with Gasteiger partial charge in [0.15, 0.2) is 0 Å². The summed E-state index contributed by atoms with van der Waals surface area (Å²) in [6.07, 6.45) is -3.58. The van der Waals surface area contributed by atoms with Crippen LogP contribution in [0.25, 0.3) is 21.5 Å². The standard InChI is InChI=1S/C19H13F3N6O5S/c1-7-13(28(31)32)14(27(2)26-7)17(30)25-12-11-8(9-4-3-5-33-9)6-10(19(20,21)22)24-18(11)34-15(12)16(23)29/h3-6H,1-2H3,(H2,23,29)(H,25,30). The van der Waals surface area contributed by atoms with Gasteiger partial charge in [-0.15, -0.1) is 11.3 Å². The summed E-state index contributed by atoms with van der Waals surface area (Å²) < 4.78 is 46.7. The maximum absolute atomic E-state index is 13.5. The molecule has 0 bridgehead atoms. The van der Waals surface area contributed by atoms with E-state index >= 15 is 0 Å². The largest absolute Gasteiger partial charge is 0.464 e. The number of carbonyl (C=O) groups excluding carboxylic acids is 2. The Bertz CT molecular complexity index is 1470. The number of nitrogens with two attached hydrogens (primary N) is 1. The molecular weight excluding hydrogens is 481 g/mol. The first-order valence-electron chi connectivity index (χ1n) is 9.28. The Balaban J connectivity index is 1.98. The first kappa shape index (κ1) is 22.9. The van der Waals surface area contributed by atoms with Gasteiger partial charge in [0.25, 0.3) is 11.8 Å². The Morgan fingerprint density at radius 3 is 2.62 bits per heavy atom. The number of fused-ring (bicyclic) bond motifs is 1. The fourth-order valence-corrected chi connectivity index (χ4v) is 4.46. The summed E-state index contributed by atoms with van der Waals surface area (Å²) in [5.74, 6) is -2.07. The van der Waals surface area contributed by atoms with E-state index in [-0.39, 0.29) is 37.8 Å². The molecule has 0 unspecified atom stereocenters. The van der Waals surface area contributed by atoms with Crippen molar-refractivity contribution in [1.82, 2.24) is 14.8 Å². The Morgan fingerprint density at radius 2 is 2.06 bits per heavy atom. The van der Waals surface area contributed by atoms with Crippen LogP contribution in [0, 0.1) is 17.0 Å². The number of rotatable bonds is 5. The van der Waals surface area contributed by atoms with Crippen LogP contribution in [0.4, 0.5) is 24.5 Å². The van der Waals surface area contributed by atoms with E-state index < -0.39 is 40.0 Å². The molecule has 4 rings (SSSR count). The van der Waals surface area contributed by atoms with Crippen LogP contribution in [0.2, 0.25) is 0 Å². The van der Waals surface area contributed by atoms with Crippen molar-refractivity contribution in [3.8, 4) is 11.3 Å². The molecule has 15 heteroatoms. The van der Waals surface area contributed by atoms with Crippen molar-refractivity contribution < 1.29 is 32.1 Å². The highest BCUT2D eigenvalue weighted by molar-refractivity contribution is 7.21. The highest BCUT2D eigenvalue weighted by Crippen LogP contribution is 2.44. The van der Waals surface area contributed by atoms with Crippen LogP contribution in [0.15, 0.2) is 28.9 Å². The number of amides is 2. The van der Waals surface area contributed by atoms with Crippen LogP contribution < -0.4 is 11.1 Å². The van der Waals surface area contributed by atoms with E-state index in [1.54, 1.807) is 0 Å². The van der Waals surface area contributed by atoms with E-state index in [9.17, 15) is 32.9 Å². The van der Waals surface area contributed by atoms with Gasteiger partial charge in [0.05, 0.1) is 16.9 Å². The Hall–Kier alpha value is -4.27. The number of carbonyl (C=O) groups is 2. The number of anilines is 1. The molecule has 0 atom stereocenters. The summed E-state index contributed by atoms with van der Waals surface area (Å²) in [6.45, 7) is 1.33. The molecular formula is C19H13F3N6O5S. The molecule has 0 fully saturated rings. The normalized spacial score (nSPS) is 11.7. The summed E-state index contributed by atoms with van der Waals surface area (Å²) in [5, 5.41) is 17.7. The number of aromatic nitrogens is 3. The Kier molecular flexibility index (Phi) is 5.35. The minimum absolute atomic E-state index is 0.00424. The second-order valence-electron chi connectivity index (χ2n) is 7.00. The number of nitro groups is 1. The third kappa shape index (κ3) is 3.75. The van der Waals surface area contributed by atoms with Crippen molar-refractivity contribution in [2.24, 2.45) is 12.8 Å². The monoisotopic (exact) mass is 494 g/mol. The predicted molar refractivity (Wildman–Crippen MR) is 113 cm³/mol. The molecule has 176 valence electrons. The predicted octanol–water partition coefficient (Wildman–Crippen LogP) is 3.88. The third-order valence-electron chi connectivity index (χ3n) is 4.79. The van der Waals surface area contributed by atoms with E-state index in [4.69, 9.17) is 10.2 Å². The minimum atomic E-state index is -4.82. The van der Waals surface area contributed by atoms with Crippen LogP contribution in [-0.2, 0) is 13.2 Å². The number of nitrogens with one attached hydrogen (secondary N) is 1. The van der Waals surface area contributed by atoms with Gasteiger partial charge in [0, 0.05) is 18.0 Å². The van der Waals surface area contributed by atoms with E-state index in [0.29, 0.717) is 17.4 Å². The van der Waals surface area contributed by atoms with Crippen LogP contribution in [0.5, 0.6) is 0 Å². The van der Waals surface area contributed by atoms with Gasteiger partial charge >= 0.3 is 11.9 Å². The lowest BCUT2D eigenvalue weighted by Crippen LogP contribution is -2.20. The summed E-state index contributed by atoms with van der Waals surface area (Å²) in [5.41, 5.74) is 2.77. The second-order valence-corrected chi connectivity index (χ2v) is 8.00. The number of nitrogens with zero attached hydrogens (tertiary/aromatic N) is 4. The molecule has 0 saturated heterocycles.